The van der Waals surface area contributed by atoms with Crippen molar-refractivity contribution in [2.75, 3.05) is 12.0 Å². The van der Waals surface area contributed by atoms with Crippen molar-refractivity contribution in [1.82, 2.24) is 0 Å². The van der Waals surface area contributed by atoms with Gasteiger partial charge in [0.2, 0.25) is 6.10 Å². The summed E-state index contributed by atoms with van der Waals surface area (Å²) < 4.78 is 11.2. The van der Waals surface area contributed by atoms with Crippen molar-refractivity contribution in [1.29, 1.82) is 0 Å². The summed E-state index contributed by atoms with van der Waals surface area (Å²) in [7, 11) is 1.61. The number of hydrogen-bond acceptors (Lipinski definition) is 4. The minimum absolute atomic E-state index is 0.169. The summed E-state index contributed by atoms with van der Waals surface area (Å²) in [6, 6.07) is 22.1. The van der Waals surface area contributed by atoms with Gasteiger partial charge in [0.1, 0.15) is 17.8 Å². The van der Waals surface area contributed by atoms with Gasteiger partial charge in [-0.3, -0.25) is 9.59 Å². The minimum Gasteiger partial charge on any atom is -0.497 e. The molecule has 28 heavy (non-hydrogen) atoms. The quantitative estimate of drug-likeness (QED) is 0.630. The highest BCUT2D eigenvalue weighted by Gasteiger charge is 2.35. The first-order valence-electron chi connectivity index (χ1n) is 8.95. The summed E-state index contributed by atoms with van der Waals surface area (Å²) in [4.78, 5) is 26.2. The fourth-order valence-corrected chi connectivity index (χ4v) is 3.27. The fraction of sp³-hybridized carbons (Fsp3) is 0.130. The van der Waals surface area contributed by atoms with Crippen LogP contribution in [0.3, 0.4) is 0 Å². The average molecular weight is 373 g/mol. The second-order valence-corrected chi connectivity index (χ2v) is 6.53. The number of ether oxygens (including phenoxy) is 2. The zero-order chi connectivity index (χ0) is 19.5. The van der Waals surface area contributed by atoms with E-state index in [1.54, 1.807) is 30.2 Å². The van der Waals surface area contributed by atoms with E-state index in [0.717, 1.165) is 23.2 Å². The number of carbonyl (C=O) groups is 2. The summed E-state index contributed by atoms with van der Waals surface area (Å²) in [5.41, 5.74) is 2.83. The predicted molar refractivity (Wildman–Crippen MR) is 106 cm³/mol. The van der Waals surface area contributed by atoms with E-state index in [1.807, 2.05) is 54.6 Å². The van der Waals surface area contributed by atoms with E-state index in [4.69, 9.17) is 9.47 Å². The Morgan fingerprint density at radius 2 is 1.79 bits per heavy atom. The van der Waals surface area contributed by atoms with E-state index in [9.17, 15) is 9.59 Å². The smallest absolute Gasteiger partial charge is 0.273 e. The highest BCUT2D eigenvalue weighted by atomic mass is 16.5. The van der Waals surface area contributed by atoms with Crippen molar-refractivity contribution in [3.05, 3.63) is 89.5 Å². The van der Waals surface area contributed by atoms with Crippen LogP contribution in [0.15, 0.2) is 72.8 Å². The number of anilines is 1. The molecule has 0 radical (unpaired) electrons. The standard InChI is InChI=1S/C23H19NO4/c1-27-19-10-7-16(8-11-19)14-24-20-13-17(15-25)9-12-21(20)28-22(23(24)26)18-5-3-2-4-6-18/h2-13,15,22H,14H2,1H3. The van der Waals surface area contributed by atoms with Crippen LogP contribution >= 0.6 is 0 Å². The number of nitrogens with zero attached hydrogens (tertiary/aromatic N) is 1. The lowest BCUT2D eigenvalue weighted by atomic mass is 10.0. The van der Waals surface area contributed by atoms with Gasteiger partial charge < -0.3 is 14.4 Å². The molecular weight excluding hydrogens is 354 g/mol. The highest BCUT2D eigenvalue weighted by Crippen LogP contribution is 2.40. The summed E-state index contributed by atoms with van der Waals surface area (Å²) in [5, 5.41) is 0. The molecule has 3 aromatic carbocycles. The Bertz CT molecular complexity index is 999. The number of fused-ring (bicyclic) bond motifs is 1. The highest BCUT2D eigenvalue weighted by molar-refractivity contribution is 6.01. The maximum Gasteiger partial charge on any atom is 0.273 e. The third kappa shape index (κ3) is 3.34. The molecule has 0 spiro atoms. The molecule has 0 aliphatic carbocycles. The zero-order valence-corrected chi connectivity index (χ0v) is 15.4. The first kappa shape index (κ1) is 17.8. The normalized spacial score (nSPS) is 15.5. The third-order valence-electron chi connectivity index (χ3n) is 4.75. The number of rotatable bonds is 5. The van der Waals surface area contributed by atoms with Gasteiger partial charge in [-0.2, -0.15) is 0 Å². The first-order chi connectivity index (χ1) is 13.7. The molecular formula is C23H19NO4. The first-order valence-corrected chi connectivity index (χ1v) is 8.95. The number of amides is 1. The number of aldehydes is 1. The average Bonchev–Trinajstić information content (AvgIpc) is 2.76. The number of benzene rings is 3. The number of hydrogen-bond donors (Lipinski definition) is 0. The van der Waals surface area contributed by atoms with Crippen molar-refractivity contribution in [2.24, 2.45) is 0 Å². The maximum absolute atomic E-state index is 13.3. The van der Waals surface area contributed by atoms with Crippen LogP contribution in [0.4, 0.5) is 5.69 Å². The summed E-state index contributed by atoms with van der Waals surface area (Å²) in [5.74, 6) is 1.16. The Morgan fingerprint density at radius 3 is 2.46 bits per heavy atom. The summed E-state index contributed by atoms with van der Waals surface area (Å²) in [6.07, 6.45) is 0.0357. The summed E-state index contributed by atoms with van der Waals surface area (Å²) >= 11 is 0. The Balaban J connectivity index is 1.74. The second kappa shape index (κ2) is 7.56. The SMILES string of the molecule is COc1ccc(CN2C(=O)C(c3ccccc3)Oc3ccc(C=O)cc32)cc1. The van der Waals surface area contributed by atoms with Crippen LogP contribution in [-0.4, -0.2) is 19.3 Å². The van der Waals surface area contributed by atoms with Crippen LogP contribution < -0.4 is 14.4 Å². The van der Waals surface area contributed by atoms with Crippen molar-refractivity contribution in [2.45, 2.75) is 12.6 Å². The topological polar surface area (TPSA) is 55.8 Å². The molecule has 0 saturated heterocycles. The molecule has 1 aliphatic heterocycles. The molecule has 0 fully saturated rings. The second-order valence-electron chi connectivity index (χ2n) is 6.53. The van der Waals surface area contributed by atoms with Gasteiger partial charge in [-0.1, -0.05) is 42.5 Å². The van der Waals surface area contributed by atoms with Crippen LogP contribution in [-0.2, 0) is 11.3 Å². The monoisotopic (exact) mass is 373 g/mol. The van der Waals surface area contributed by atoms with Gasteiger partial charge in [0.05, 0.1) is 19.3 Å². The van der Waals surface area contributed by atoms with E-state index in [-0.39, 0.29) is 5.91 Å². The molecule has 3 aromatic rings. The van der Waals surface area contributed by atoms with Crippen molar-refractivity contribution < 1.29 is 19.1 Å². The van der Waals surface area contributed by atoms with Crippen molar-refractivity contribution in [3.8, 4) is 11.5 Å². The van der Waals surface area contributed by atoms with E-state index >= 15 is 0 Å². The van der Waals surface area contributed by atoms with Crippen LogP contribution in [0.2, 0.25) is 0 Å². The van der Waals surface area contributed by atoms with E-state index in [1.165, 1.54) is 0 Å². The van der Waals surface area contributed by atoms with Gasteiger partial charge in [-0.05, 0) is 35.9 Å². The molecule has 5 nitrogen and oxygen atoms in total. The van der Waals surface area contributed by atoms with Gasteiger partial charge >= 0.3 is 0 Å². The fourth-order valence-electron chi connectivity index (χ4n) is 3.27. The molecule has 140 valence electrons. The minimum atomic E-state index is -0.728. The molecule has 0 aromatic heterocycles. The van der Waals surface area contributed by atoms with Gasteiger partial charge in [0.25, 0.3) is 5.91 Å². The van der Waals surface area contributed by atoms with Gasteiger partial charge in [0, 0.05) is 11.1 Å². The molecule has 0 N–H and O–H groups in total. The largest absolute Gasteiger partial charge is 0.497 e. The number of methoxy groups -OCH3 is 1. The molecule has 4 rings (SSSR count). The molecule has 1 aliphatic rings. The van der Waals surface area contributed by atoms with E-state index < -0.39 is 6.10 Å². The van der Waals surface area contributed by atoms with Crippen LogP contribution in [0.5, 0.6) is 11.5 Å². The van der Waals surface area contributed by atoms with Crippen LogP contribution in [0, 0.1) is 0 Å². The lowest BCUT2D eigenvalue weighted by Crippen LogP contribution is -2.40. The Morgan fingerprint density at radius 1 is 1.04 bits per heavy atom. The molecule has 0 saturated carbocycles. The number of carbonyl (C=O) groups excluding carboxylic acids is 2. The molecule has 1 atom stereocenters. The van der Waals surface area contributed by atoms with Crippen LogP contribution in [0.25, 0.3) is 0 Å². The zero-order valence-electron chi connectivity index (χ0n) is 15.4. The van der Waals surface area contributed by atoms with Crippen molar-refractivity contribution >= 4 is 17.9 Å². The lowest BCUT2D eigenvalue weighted by Gasteiger charge is -2.35. The van der Waals surface area contributed by atoms with E-state index in [0.29, 0.717) is 23.5 Å². The lowest BCUT2D eigenvalue weighted by molar-refractivity contribution is -0.126. The molecule has 1 heterocycles. The molecule has 0 bridgehead atoms. The van der Waals surface area contributed by atoms with Crippen molar-refractivity contribution in [3.63, 3.8) is 0 Å². The summed E-state index contributed by atoms with van der Waals surface area (Å²) in [6.45, 7) is 0.366. The molecule has 1 unspecified atom stereocenters. The maximum atomic E-state index is 13.3. The van der Waals surface area contributed by atoms with E-state index in [2.05, 4.69) is 0 Å². The van der Waals surface area contributed by atoms with Gasteiger partial charge in [-0.25, -0.2) is 0 Å². The van der Waals surface area contributed by atoms with Gasteiger partial charge in [-0.15, -0.1) is 0 Å². The Labute approximate surface area is 163 Å². The van der Waals surface area contributed by atoms with Crippen LogP contribution in [0.1, 0.15) is 27.6 Å². The third-order valence-corrected chi connectivity index (χ3v) is 4.75. The predicted octanol–water partition coefficient (Wildman–Crippen LogP) is 4.17. The van der Waals surface area contributed by atoms with Gasteiger partial charge in [0.15, 0.2) is 0 Å². The molecule has 1 amide bonds. The molecule has 5 heteroatoms. The Kier molecular flexibility index (Phi) is 4.81. The Hall–Kier alpha value is -3.60.